The van der Waals surface area contributed by atoms with Crippen molar-refractivity contribution < 1.29 is 9.53 Å². The molecule has 1 aromatic rings. The number of hydrogen-bond donors (Lipinski definition) is 1. The van der Waals surface area contributed by atoms with Crippen LogP contribution in [-0.2, 0) is 0 Å². The maximum Gasteiger partial charge on any atom is 0.415 e. The molecule has 1 amide bonds. The van der Waals surface area contributed by atoms with Crippen LogP contribution in [0.5, 0.6) is 5.75 Å². The lowest BCUT2D eigenvalue weighted by atomic mass is 10.3. The lowest BCUT2D eigenvalue weighted by Gasteiger charge is -2.18. The largest absolute Gasteiger partial charge is 0.415 e. The minimum Gasteiger partial charge on any atom is -0.410 e. The number of carbonyl (C=O) groups is 1. The molecule has 1 aliphatic carbocycles. The summed E-state index contributed by atoms with van der Waals surface area (Å²) in [5.41, 5.74) is 5.81. The molecule has 3 rings (SSSR count). The number of rotatable bonds is 1. The number of ether oxygens (including phenoxy) is 1. The molecular formula is C12H13ClN2O2. The van der Waals surface area contributed by atoms with Gasteiger partial charge in [0.2, 0.25) is 0 Å². The van der Waals surface area contributed by atoms with Crippen LogP contribution in [0.1, 0.15) is 0 Å². The highest BCUT2D eigenvalue weighted by molar-refractivity contribution is 6.30. The van der Waals surface area contributed by atoms with E-state index in [1.54, 1.807) is 29.2 Å². The Hall–Kier alpha value is -1.26. The van der Waals surface area contributed by atoms with Gasteiger partial charge in [0.1, 0.15) is 5.75 Å². The molecule has 17 heavy (non-hydrogen) atoms. The third-order valence-electron chi connectivity index (χ3n) is 3.54. The molecule has 1 aliphatic heterocycles. The van der Waals surface area contributed by atoms with E-state index in [1.807, 2.05) is 0 Å². The molecule has 0 bridgehead atoms. The van der Waals surface area contributed by atoms with Crippen molar-refractivity contribution in [3.8, 4) is 5.75 Å². The molecule has 2 aliphatic rings. The minimum absolute atomic E-state index is 0.287. The maximum atomic E-state index is 11.8. The predicted molar refractivity (Wildman–Crippen MR) is 64.0 cm³/mol. The second-order valence-corrected chi connectivity index (χ2v) is 5.07. The summed E-state index contributed by atoms with van der Waals surface area (Å²) in [5, 5.41) is 0.623. The van der Waals surface area contributed by atoms with Crippen molar-refractivity contribution in [1.82, 2.24) is 4.90 Å². The highest BCUT2D eigenvalue weighted by atomic mass is 35.5. The van der Waals surface area contributed by atoms with Crippen LogP contribution in [0.25, 0.3) is 0 Å². The van der Waals surface area contributed by atoms with E-state index in [1.165, 1.54) is 0 Å². The van der Waals surface area contributed by atoms with Crippen molar-refractivity contribution in [3.05, 3.63) is 29.3 Å². The van der Waals surface area contributed by atoms with Crippen molar-refractivity contribution in [2.24, 2.45) is 17.6 Å². The first-order chi connectivity index (χ1) is 8.15. The van der Waals surface area contributed by atoms with Crippen LogP contribution in [0, 0.1) is 11.8 Å². The van der Waals surface area contributed by atoms with E-state index >= 15 is 0 Å². The van der Waals surface area contributed by atoms with Gasteiger partial charge in [0.25, 0.3) is 0 Å². The standard InChI is InChI=1S/C12H13ClN2O2/c13-7-1-3-8(4-2-7)17-12(16)15-5-9-10(6-15)11(9)14/h1-4,9-11H,5-6,14H2. The van der Waals surface area contributed by atoms with Crippen LogP contribution in [0.2, 0.25) is 5.02 Å². The number of fused-ring (bicyclic) bond motifs is 1. The molecule has 4 nitrogen and oxygen atoms in total. The fraction of sp³-hybridized carbons (Fsp3) is 0.417. The molecule has 90 valence electrons. The first-order valence-electron chi connectivity index (χ1n) is 5.63. The first kappa shape index (κ1) is 10.9. The molecule has 0 spiro atoms. The van der Waals surface area contributed by atoms with E-state index in [9.17, 15) is 4.79 Å². The fourth-order valence-electron chi connectivity index (χ4n) is 2.39. The molecule has 2 N–H and O–H groups in total. The fourth-order valence-corrected chi connectivity index (χ4v) is 2.52. The summed E-state index contributed by atoms with van der Waals surface area (Å²) in [5.74, 6) is 1.48. The van der Waals surface area contributed by atoms with Crippen molar-refractivity contribution in [3.63, 3.8) is 0 Å². The minimum atomic E-state index is -0.299. The second-order valence-electron chi connectivity index (χ2n) is 4.63. The molecule has 2 atom stereocenters. The Bertz CT molecular complexity index is 436. The second kappa shape index (κ2) is 3.89. The number of likely N-dealkylation sites (tertiary alicyclic amines) is 1. The molecule has 1 saturated heterocycles. The molecule has 1 heterocycles. The van der Waals surface area contributed by atoms with Crippen molar-refractivity contribution >= 4 is 17.7 Å². The van der Waals surface area contributed by atoms with Gasteiger partial charge in [0.15, 0.2) is 0 Å². The monoisotopic (exact) mass is 252 g/mol. The van der Waals surface area contributed by atoms with Crippen LogP contribution >= 0.6 is 11.6 Å². The normalized spacial score (nSPS) is 30.0. The van der Waals surface area contributed by atoms with Gasteiger partial charge < -0.3 is 15.4 Å². The third kappa shape index (κ3) is 1.98. The molecule has 1 aromatic carbocycles. The van der Waals surface area contributed by atoms with Crippen molar-refractivity contribution in [1.29, 1.82) is 0 Å². The lowest BCUT2D eigenvalue weighted by molar-refractivity contribution is 0.157. The zero-order valence-corrected chi connectivity index (χ0v) is 9.93. The summed E-state index contributed by atoms with van der Waals surface area (Å²) in [6, 6.07) is 7.05. The van der Waals surface area contributed by atoms with Gasteiger partial charge in [-0.25, -0.2) is 4.79 Å². The Labute approximate surface area is 104 Å². The smallest absolute Gasteiger partial charge is 0.410 e. The van der Waals surface area contributed by atoms with Gasteiger partial charge in [0, 0.05) is 24.2 Å². The van der Waals surface area contributed by atoms with Crippen molar-refractivity contribution in [2.45, 2.75) is 6.04 Å². The lowest BCUT2D eigenvalue weighted by Crippen LogP contribution is -2.35. The summed E-state index contributed by atoms with van der Waals surface area (Å²) in [7, 11) is 0. The van der Waals surface area contributed by atoms with E-state index in [0.29, 0.717) is 22.6 Å². The topological polar surface area (TPSA) is 55.6 Å². The average Bonchev–Trinajstić information content (AvgIpc) is 2.78. The summed E-state index contributed by atoms with van der Waals surface area (Å²) in [6.07, 6.45) is -0.299. The van der Waals surface area contributed by atoms with E-state index in [-0.39, 0.29) is 12.1 Å². The molecule has 1 saturated carbocycles. The Morgan fingerprint density at radius 3 is 2.47 bits per heavy atom. The maximum absolute atomic E-state index is 11.8. The first-order valence-corrected chi connectivity index (χ1v) is 6.01. The number of hydrogen-bond acceptors (Lipinski definition) is 3. The van der Waals surface area contributed by atoms with E-state index in [2.05, 4.69) is 0 Å². The number of benzene rings is 1. The zero-order valence-electron chi connectivity index (χ0n) is 9.17. The highest BCUT2D eigenvalue weighted by Crippen LogP contribution is 2.43. The molecular weight excluding hydrogens is 240 g/mol. The summed E-state index contributed by atoms with van der Waals surface area (Å²) < 4.78 is 5.24. The number of nitrogens with two attached hydrogens (primary N) is 1. The molecule has 0 radical (unpaired) electrons. The number of carbonyl (C=O) groups excluding carboxylic acids is 1. The highest BCUT2D eigenvalue weighted by Gasteiger charge is 2.55. The van der Waals surface area contributed by atoms with Gasteiger partial charge in [-0.3, -0.25) is 0 Å². The van der Waals surface area contributed by atoms with Gasteiger partial charge >= 0.3 is 6.09 Å². The number of halogens is 1. The van der Waals surface area contributed by atoms with Crippen LogP contribution in [0.15, 0.2) is 24.3 Å². The third-order valence-corrected chi connectivity index (χ3v) is 3.79. The Kier molecular flexibility index (Phi) is 2.49. The Morgan fingerprint density at radius 1 is 1.29 bits per heavy atom. The van der Waals surface area contributed by atoms with E-state index < -0.39 is 0 Å². The van der Waals surface area contributed by atoms with Gasteiger partial charge in [-0.15, -0.1) is 0 Å². The molecule has 2 unspecified atom stereocenters. The molecule has 0 aromatic heterocycles. The number of piperidine rings is 1. The van der Waals surface area contributed by atoms with Crippen LogP contribution in [-0.4, -0.2) is 30.1 Å². The quantitative estimate of drug-likeness (QED) is 0.828. The SMILES string of the molecule is NC1C2CN(C(=O)Oc3ccc(Cl)cc3)CC12. The summed E-state index contributed by atoms with van der Waals surface area (Å²) >= 11 is 5.75. The van der Waals surface area contributed by atoms with Crippen LogP contribution in [0.3, 0.4) is 0 Å². The average molecular weight is 253 g/mol. The van der Waals surface area contributed by atoms with E-state index in [4.69, 9.17) is 22.1 Å². The number of nitrogens with zero attached hydrogens (tertiary/aromatic N) is 1. The van der Waals surface area contributed by atoms with Crippen molar-refractivity contribution in [2.75, 3.05) is 13.1 Å². The Morgan fingerprint density at radius 2 is 1.88 bits per heavy atom. The summed E-state index contributed by atoms with van der Waals surface area (Å²) in [6.45, 7) is 1.44. The van der Waals surface area contributed by atoms with Crippen LogP contribution in [0.4, 0.5) is 4.79 Å². The van der Waals surface area contributed by atoms with E-state index in [0.717, 1.165) is 13.1 Å². The predicted octanol–water partition coefficient (Wildman–Crippen LogP) is 1.73. The van der Waals surface area contributed by atoms with Gasteiger partial charge in [-0.1, -0.05) is 11.6 Å². The van der Waals surface area contributed by atoms with Gasteiger partial charge in [-0.2, -0.15) is 0 Å². The molecule has 2 fully saturated rings. The van der Waals surface area contributed by atoms with Crippen LogP contribution < -0.4 is 10.5 Å². The molecule has 5 heteroatoms. The zero-order chi connectivity index (χ0) is 12.0. The Balaban J connectivity index is 1.59. The number of amides is 1. The van der Waals surface area contributed by atoms with Gasteiger partial charge in [0.05, 0.1) is 0 Å². The summed E-state index contributed by atoms with van der Waals surface area (Å²) in [4.78, 5) is 13.5. The van der Waals surface area contributed by atoms with Gasteiger partial charge in [-0.05, 0) is 36.1 Å².